The lowest BCUT2D eigenvalue weighted by atomic mass is 10.2. The number of aromatic nitrogens is 1. The van der Waals surface area contributed by atoms with Gasteiger partial charge in [-0.15, -0.1) is 0 Å². The number of rotatable bonds is 4. The summed E-state index contributed by atoms with van der Waals surface area (Å²) in [6.07, 6.45) is 0.187. The van der Waals surface area contributed by atoms with E-state index < -0.39 is 6.09 Å². The molecule has 0 spiro atoms. The van der Waals surface area contributed by atoms with Gasteiger partial charge in [0.1, 0.15) is 0 Å². The van der Waals surface area contributed by atoms with Crippen LogP contribution in [-0.2, 0) is 22.5 Å². The molecule has 0 radical (unpaired) electrons. The Labute approximate surface area is 159 Å². The van der Waals surface area contributed by atoms with Crippen LogP contribution in [0.3, 0.4) is 0 Å². The van der Waals surface area contributed by atoms with Crippen LogP contribution >= 0.6 is 11.3 Å². The highest BCUT2D eigenvalue weighted by molar-refractivity contribution is 7.15. The normalized spacial score (nSPS) is 15.1. The van der Waals surface area contributed by atoms with Crippen molar-refractivity contribution in [3.63, 3.8) is 0 Å². The Morgan fingerprint density at radius 1 is 1.30 bits per heavy atom. The first kappa shape index (κ1) is 17.6. The first-order valence-electron chi connectivity index (χ1n) is 8.36. The van der Waals surface area contributed by atoms with E-state index in [9.17, 15) is 9.59 Å². The standard InChI is InChI=1S/C17H18N4O5S/c1-24-17(23)20-16-19-11-4-5-21(7-14(11)27-16)8-15(22)18-10-2-3-12-13(6-10)26-9-25-12/h2-3,6H,4-5,7-9H2,1H3,(H,18,22)(H,19,20,23). The summed E-state index contributed by atoms with van der Waals surface area (Å²) in [6.45, 7) is 1.81. The maximum atomic E-state index is 12.4. The number of benzene rings is 1. The van der Waals surface area contributed by atoms with Gasteiger partial charge in [-0.05, 0) is 12.1 Å². The molecule has 10 heteroatoms. The Kier molecular flexibility index (Phi) is 4.82. The van der Waals surface area contributed by atoms with Gasteiger partial charge in [-0.25, -0.2) is 9.78 Å². The Morgan fingerprint density at radius 2 is 2.15 bits per heavy atom. The van der Waals surface area contributed by atoms with Gasteiger partial charge >= 0.3 is 6.09 Å². The van der Waals surface area contributed by atoms with Crippen molar-refractivity contribution in [2.75, 3.05) is 37.6 Å². The summed E-state index contributed by atoms with van der Waals surface area (Å²) in [7, 11) is 1.31. The van der Waals surface area contributed by atoms with E-state index in [2.05, 4.69) is 20.4 Å². The molecule has 0 aliphatic carbocycles. The zero-order chi connectivity index (χ0) is 18.8. The van der Waals surface area contributed by atoms with E-state index in [1.807, 2.05) is 4.90 Å². The van der Waals surface area contributed by atoms with E-state index in [0.717, 1.165) is 23.5 Å². The molecule has 2 aliphatic heterocycles. The predicted molar refractivity (Wildman–Crippen MR) is 98.3 cm³/mol. The lowest BCUT2D eigenvalue weighted by Crippen LogP contribution is -2.36. The summed E-state index contributed by atoms with van der Waals surface area (Å²) in [6, 6.07) is 5.31. The minimum Gasteiger partial charge on any atom is -0.454 e. The number of anilines is 2. The fraction of sp³-hybridized carbons (Fsp3) is 0.353. The minimum absolute atomic E-state index is 0.102. The fourth-order valence-electron chi connectivity index (χ4n) is 2.95. The third kappa shape index (κ3) is 3.96. The number of carbonyl (C=O) groups is 2. The maximum absolute atomic E-state index is 12.4. The smallest absolute Gasteiger partial charge is 0.413 e. The lowest BCUT2D eigenvalue weighted by molar-refractivity contribution is -0.117. The van der Waals surface area contributed by atoms with E-state index >= 15 is 0 Å². The van der Waals surface area contributed by atoms with Crippen molar-refractivity contribution in [3.05, 3.63) is 28.8 Å². The third-order valence-corrected chi connectivity index (χ3v) is 5.23. The summed E-state index contributed by atoms with van der Waals surface area (Å²) in [5, 5.41) is 5.98. The summed E-state index contributed by atoms with van der Waals surface area (Å²) < 4.78 is 15.2. The molecule has 27 heavy (non-hydrogen) atoms. The number of carbonyl (C=O) groups excluding carboxylic acids is 2. The van der Waals surface area contributed by atoms with Crippen molar-refractivity contribution in [2.24, 2.45) is 0 Å². The number of fused-ring (bicyclic) bond motifs is 2. The predicted octanol–water partition coefficient (Wildman–Crippen LogP) is 2.05. The van der Waals surface area contributed by atoms with Crippen LogP contribution in [0, 0.1) is 0 Å². The number of nitrogens with one attached hydrogen (secondary N) is 2. The summed E-state index contributed by atoms with van der Waals surface area (Å²) in [4.78, 5) is 31.2. The molecular weight excluding hydrogens is 372 g/mol. The number of hydrogen-bond acceptors (Lipinski definition) is 8. The van der Waals surface area contributed by atoms with Gasteiger partial charge in [-0.3, -0.25) is 15.0 Å². The number of amides is 2. The van der Waals surface area contributed by atoms with Crippen LogP contribution in [0.5, 0.6) is 11.5 Å². The number of hydrogen-bond donors (Lipinski definition) is 2. The average molecular weight is 390 g/mol. The Hall–Kier alpha value is -2.85. The highest BCUT2D eigenvalue weighted by Gasteiger charge is 2.23. The summed E-state index contributed by atoms with van der Waals surface area (Å²) in [5.74, 6) is 1.21. The molecule has 1 aromatic carbocycles. The van der Waals surface area contributed by atoms with Crippen molar-refractivity contribution in [3.8, 4) is 11.5 Å². The maximum Gasteiger partial charge on any atom is 0.413 e. The number of nitrogens with zero attached hydrogens (tertiary/aromatic N) is 2. The summed E-state index contributed by atoms with van der Waals surface area (Å²) >= 11 is 1.40. The van der Waals surface area contributed by atoms with E-state index in [4.69, 9.17) is 9.47 Å². The third-order valence-electron chi connectivity index (χ3n) is 4.23. The van der Waals surface area contributed by atoms with Gasteiger partial charge in [0.25, 0.3) is 0 Å². The number of thiazole rings is 1. The van der Waals surface area contributed by atoms with Crippen LogP contribution in [0.25, 0.3) is 0 Å². The average Bonchev–Trinajstić information content (AvgIpc) is 3.26. The fourth-order valence-corrected chi connectivity index (χ4v) is 3.99. The van der Waals surface area contributed by atoms with Crippen molar-refractivity contribution < 1.29 is 23.8 Å². The Bertz CT molecular complexity index is 884. The lowest BCUT2D eigenvalue weighted by Gasteiger charge is -2.25. The molecule has 9 nitrogen and oxygen atoms in total. The molecule has 0 unspecified atom stereocenters. The molecule has 0 atom stereocenters. The number of ether oxygens (including phenoxy) is 3. The van der Waals surface area contributed by atoms with Gasteiger partial charge in [0.05, 0.1) is 19.3 Å². The van der Waals surface area contributed by atoms with Gasteiger partial charge in [0, 0.05) is 36.1 Å². The van der Waals surface area contributed by atoms with Gasteiger partial charge < -0.3 is 19.5 Å². The molecule has 1 aromatic heterocycles. The van der Waals surface area contributed by atoms with Crippen molar-refractivity contribution in [1.82, 2.24) is 9.88 Å². The van der Waals surface area contributed by atoms with Crippen LogP contribution in [0.1, 0.15) is 10.6 Å². The molecule has 2 amide bonds. The second-order valence-electron chi connectivity index (χ2n) is 6.08. The summed E-state index contributed by atoms with van der Waals surface area (Å²) in [5.41, 5.74) is 1.63. The second-order valence-corrected chi connectivity index (χ2v) is 7.17. The van der Waals surface area contributed by atoms with Gasteiger partial charge in [-0.2, -0.15) is 0 Å². The van der Waals surface area contributed by atoms with Crippen LogP contribution < -0.4 is 20.1 Å². The molecule has 2 N–H and O–H groups in total. The van der Waals surface area contributed by atoms with E-state index in [0.29, 0.717) is 28.9 Å². The quantitative estimate of drug-likeness (QED) is 0.824. The zero-order valence-corrected chi connectivity index (χ0v) is 15.4. The van der Waals surface area contributed by atoms with Crippen LogP contribution in [0.2, 0.25) is 0 Å². The van der Waals surface area contributed by atoms with Crippen LogP contribution in [0.15, 0.2) is 18.2 Å². The SMILES string of the molecule is COC(=O)Nc1nc2c(s1)CN(CC(=O)Nc1ccc3c(c1)OCO3)CC2. The monoisotopic (exact) mass is 390 g/mol. The van der Waals surface area contributed by atoms with Gasteiger partial charge in [0.2, 0.25) is 12.7 Å². The molecule has 0 bridgehead atoms. The van der Waals surface area contributed by atoms with E-state index in [1.54, 1.807) is 18.2 Å². The van der Waals surface area contributed by atoms with E-state index in [1.165, 1.54) is 18.4 Å². The molecule has 4 rings (SSSR count). The highest BCUT2D eigenvalue weighted by Crippen LogP contribution is 2.34. The molecule has 0 saturated heterocycles. The Morgan fingerprint density at radius 3 is 3.00 bits per heavy atom. The van der Waals surface area contributed by atoms with Crippen molar-refractivity contribution in [1.29, 1.82) is 0 Å². The van der Waals surface area contributed by atoms with Crippen LogP contribution in [-0.4, -0.2) is 48.9 Å². The molecule has 0 saturated carbocycles. The van der Waals surface area contributed by atoms with Gasteiger partial charge in [0.15, 0.2) is 16.6 Å². The van der Waals surface area contributed by atoms with Gasteiger partial charge in [-0.1, -0.05) is 11.3 Å². The largest absolute Gasteiger partial charge is 0.454 e. The van der Waals surface area contributed by atoms with Crippen LogP contribution in [0.4, 0.5) is 15.6 Å². The highest BCUT2D eigenvalue weighted by atomic mass is 32.1. The van der Waals surface area contributed by atoms with Crippen molar-refractivity contribution >= 4 is 34.2 Å². The molecule has 3 heterocycles. The first-order valence-corrected chi connectivity index (χ1v) is 9.18. The molecule has 2 aliphatic rings. The minimum atomic E-state index is -0.541. The first-order chi connectivity index (χ1) is 13.1. The molecule has 2 aromatic rings. The molecule has 0 fully saturated rings. The number of methoxy groups -OCH3 is 1. The molecular formula is C17H18N4O5S. The Balaban J connectivity index is 1.34. The second kappa shape index (κ2) is 7.41. The molecule has 142 valence electrons. The van der Waals surface area contributed by atoms with Crippen molar-refractivity contribution in [2.45, 2.75) is 13.0 Å². The topological polar surface area (TPSA) is 102 Å². The zero-order valence-electron chi connectivity index (χ0n) is 14.6. The van der Waals surface area contributed by atoms with E-state index in [-0.39, 0.29) is 19.2 Å².